The average Bonchev–Trinajstić information content (AvgIpc) is 2.83. The van der Waals surface area contributed by atoms with Gasteiger partial charge in [0, 0.05) is 7.11 Å². The lowest BCUT2D eigenvalue weighted by Crippen LogP contribution is -2.36. The number of phenolic OH excluding ortho intramolecular Hbond substituents is 1. The summed E-state index contributed by atoms with van der Waals surface area (Å²) in [6, 6.07) is 7.44. The number of carbonyl (C=O) groups excluding carboxylic acids is 1. The normalized spacial score (nSPS) is 14.3. The van der Waals surface area contributed by atoms with Gasteiger partial charge in [-0.05, 0) is 102 Å². The number of esters is 1. The van der Waals surface area contributed by atoms with E-state index in [1.165, 1.54) is 7.11 Å². The molecule has 0 aliphatic heterocycles. The zero-order valence-corrected chi connectivity index (χ0v) is 27.3. The van der Waals surface area contributed by atoms with Crippen LogP contribution in [0, 0.1) is 0 Å². The van der Waals surface area contributed by atoms with Gasteiger partial charge in [0.25, 0.3) is 0 Å². The summed E-state index contributed by atoms with van der Waals surface area (Å²) in [7, 11) is -2.22. The lowest BCUT2D eigenvalue weighted by molar-refractivity contribution is -0.149. The van der Waals surface area contributed by atoms with Gasteiger partial charge in [0.2, 0.25) is 0 Å². The molecule has 2 rings (SSSR count). The molecule has 7 nitrogen and oxygen atoms in total. The number of hydrogen-bond donors (Lipinski definition) is 2. The molecule has 0 aromatic heterocycles. The van der Waals surface area contributed by atoms with Gasteiger partial charge in [-0.25, -0.2) is 5.09 Å². The van der Waals surface area contributed by atoms with E-state index in [-0.39, 0.29) is 36.1 Å². The van der Waals surface area contributed by atoms with E-state index in [9.17, 15) is 14.5 Å². The highest BCUT2D eigenvalue weighted by Gasteiger charge is 2.33. The zero-order chi connectivity index (χ0) is 30.5. The number of nitrogens with one attached hydrogen (secondary N) is 1. The minimum absolute atomic E-state index is 0.0537. The fraction of sp³-hybridized carbons (Fsp3) is 0.594. The van der Waals surface area contributed by atoms with E-state index in [0.717, 1.165) is 33.4 Å². The maximum Gasteiger partial charge on any atom is 0.342 e. The molecule has 40 heavy (non-hydrogen) atoms. The number of methoxy groups -OCH3 is 1. The van der Waals surface area contributed by atoms with Gasteiger partial charge >= 0.3 is 13.5 Å². The summed E-state index contributed by atoms with van der Waals surface area (Å²) in [5.74, 6) is 0.814. The Balaban J connectivity index is 2.72. The maximum absolute atomic E-state index is 14.1. The van der Waals surface area contributed by atoms with Crippen LogP contribution in [-0.4, -0.2) is 36.7 Å². The van der Waals surface area contributed by atoms with Gasteiger partial charge in [-0.15, -0.1) is 0 Å². The fourth-order valence-electron chi connectivity index (χ4n) is 4.62. The van der Waals surface area contributed by atoms with Gasteiger partial charge in [-0.3, -0.25) is 9.36 Å². The Hall–Kier alpha value is -2.34. The molecule has 0 saturated carbocycles. The van der Waals surface area contributed by atoms with Crippen molar-refractivity contribution in [1.29, 1.82) is 0 Å². The predicted molar refractivity (Wildman–Crippen MR) is 164 cm³/mol. The molecule has 0 bridgehead atoms. The molecular weight excluding hydrogens is 525 g/mol. The highest BCUT2D eigenvalue weighted by Crippen LogP contribution is 2.50. The van der Waals surface area contributed by atoms with Crippen LogP contribution in [0.2, 0.25) is 0 Å². The standard InChI is InChI=1S/C32H50NO6P/c1-18(2)26-13-24(14-27(19(3)4)30(26)34)25-15-28(20(5)6)31(29(16-25)21(7)8)39-40(36,17-37-12)33-23(11)32(35)38-22(9)10/h13-16,18-23,34H,17H2,1-12H3,(H,33,36). The van der Waals surface area contributed by atoms with Crippen LogP contribution >= 0.6 is 7.52 Å². The summed E-state index contributed by atoms with van der Waals surface area (Å²) < 4.78 is 31.0. The van der Waals surface area contributed by atoms with E-state index in [1.807, 2.05) is 0 Å². The first-order chi connectivity index (χ1) is 18.5. The maximum atomic E-state index is 14.1. The number of phenols is 1. The van der Waals surface area contributed by atoms with Gasteiger partial charge in [0.1, 0.15) is 23.9 Å². The number of aromatic hydroxyl groups is 1. The molecule has 2 unspecified atom stereocenters. The lowest BCUT2D eigenvalue weighted by atomic mass is 9.86. The number of carbonyl (C=O) groups is 1. The number of rotatable bonds is 13. The van der Waals surface area contributed by atoms with Gasteiger partial charge in [0.15, 0.2) is 0 Å². The Kier molecular flexibility index (Phi) is 11.9. The summed E-state index contributed by atoms with van der Waals surface area (Å²) in [5, 5.41) is 13.8. The molecule has 2 aromatic carbocycles. The first-order valence-corrected chi connectivity index (χ1v) is 16.1. The smallest absolute Gasteiger partial charge is 0.342 e. The molecule has 2 aromatic rings. The van der Waals surface area contributed by atoms with Crippen LogP contribution < -0.4 is 9.61 Å². The van der Waals surface area contributed by atoms with Crippen molar-refractivity contribution in [3.8, 4) is 22.6 Å². The molecule has 0 radical (unpaired) electrons. The van der Waals surface area contributed by atoms with Crippen LogP contribution in [0.15, 0.2) is 24.3 Å². The monoisotopic (exact) mass is 575 g/mol. The Bertz CT molecular complexity index is 1160. The molecule has 0 saturated heterocycles. The van der Waals surface area contributed by atoms with Crippen molar-refractivity contribution in [2.75, 3.05) is 13.5 Å². The van der Waals surface area contributed by atoms with Gasteiger partial charge < -0.3 is 19.1 Å². The number of ether oxygens (including phenoxy) is 2. The first kappa shape index (κ1) is 33.9. The molecule has 0 fully saturated rings. The van der Waals surface area contributed by atoms with Gasteiger partial charge in [-0.1, -0.05) is 55.4 Å². The minimum Gasteiger partial charge on any atom is -0.507 e. The molecule has 8 heteroatoms. The van der Waals surface area contributed by atoms with E-state index >= 15 is 0 Å². The number of hydrogen-bond acceptors (Lipinski definition) is 6. The van der Waals surface area contributed by atoms with Gasteiger partial charge in [-0.2, -0.15) is 0 Å². The molecule has 224 valence electrons. The van der Waals surface area contributed by atoms with E-state index < -0.39 is 19.5 Å². The number of benzene rings is 2. The highest BCUT2D eigenvalue weighted by atomic mass is 31.2. The van der Waals surface area contributed by atoms with Crippen LogP contribution in [0.1, 0.15) is 122 Å². The van der Waals surface area contributed by atoms with Gasteiger partial charge in [0.05, 0.1) is 6.10 Å². The molecule has 0 heterocycles. The Morgan fingerprint density at radius 1 is 0.775 bits per heavy atom. The molecule has 0 aliphatic rings. The first-order valence-electron chi connectivity index (χ1n) is 14.3. The summed E-state index contributed by atoms with van der Waals surface area (Å²) in [5.41, 5.74) is 5.66. The molecule has 0 aliphatic carbocycles. The summed E-state index contributed by atoms with van der Waals surface area (Å²) in [4.78, 5) is 12.5. The van der Waals surface area contributed by atoms with E-state index in [1.54, 1.807) is 20.8 Å². The molecule has 2 N–H and O–H groups in total. The largest absolute Gasteiger partial charge is 0.507 e. The van der Waals surface area contributed by atoms with Crippen molar-refractivity contribution in [2.45, 2.75) is 112 Å². The molecular formula is C32H50NO6P. The third-order valence-corrected chi connectivity index (χ3v) is 8.63. The summed E-state index contributed by atoms with van der Waals surface area (Å²) >= 11 is 0. The van der Waals surface area contributed by atoms with Crippen molar-refractivity contribution < 1.29 is 28.5 Å². The third kappa shape index (κ3) is 8.34. The predicted octanol–water partition coefficient (Wildman–Crippen LogP) is 8.66. The van der Waals surface area contributed by atoms with E-state index in [0.29, 0.717) is 11.5 Å². The van der Waals surface area contributed by atoms with Crippen LogP contribution in [-0.2, 0) is 18.8 Å². The van der Waals surface area contributed by atoms with E-state index in [4.69, 9.17) is 14.0 Å². The lowest BCUT2D eigenvalue weighted by Gasteiger charge is -2.28. The topological polar surface area (TPSA) is 94.1 Å². The van der Waals surface area contributed by atoms with Crippen LogP contribution in [0.5, 0.6) is 11.5 Å². The van der Waals surface area contributed by atoms with Crippen molar-refractivity contribution in [3.05, 3.63) is 46.5 Å². The highest BCUT2D eigenvalue weighted by molar-refractivity contribution is 7.57. The quantitative estimate of drug-likeness (QED) is 0.182. The second-order valence-electron chi connectivity index (χ2n) is 12.1. The van der Waals surface area contributed by atoms with Crippen molar-refractivity contribution in [3.63, 3.8) is 0 Å². The van der Waals surface area contributed by atoms with Crippen LogP contribution in [0.25, 0.3) is 11.1 Å². The SMILES string of the molecule is COCP(=O)(NC(C)C(=O)OC(C)C)Oc1c(C(C)C)cc(-c2cc(C(C)C)c(O)c(C(C)C)c2)cc1C(C)C. The molecule has 2 atom stereocenters. The molecule has 0 amide bonds. The van der Waals surface area contributed by atoms with Crippen molar-refractivity contribution in [2.24, 2.45) is 0 Å². The van der Waals surface area contributed by atoms with Crippen molar-refractivity contribution >= 4 is 13.5 Å². The Labute approximate surface area is 241 Å². The zero-order valence-electron chi connectivity index (χ0n) is 26.4. The summed E-state index contributed by atoms with van der Waals surface area (Å²) in [6.45, 7) is 21.8. The second kappa shape index (κ2) is 14.0. The second-order valence-corrected chi connectivity index (χ2v) is 14.2. The van der Waals surface area contributed by atoms with Crippen LogP contribution in [0.4, 0.5) is 0 Å². The summed E-state index contributed by atoms with van der Waals surface area (Å²) in [6.07, 6.45) is -0.504. The molecule has 0 spiro atoms. The third-order valence-electron chi connectivity index (χ3n) is 6.77. The van der Waals surface area contributed by atoms with Crippen molar-refractivity contribution in [1.82, 2.24) is 5.09 Å². The average molecular weight is 576 g/mol. The fourth-order valence-corrected chi connectivity index (χ4v) is 6.34. The van der Waals surface area contributed by atoms with E-state index in [2.05, 4.69) is 84.7 Å². The Morgan fingerprint density at radius 3 is 1.52 bits per heavy atom. The Morgan fingerprint density at radius 2 is 1.18 bits per heavy atom. The minimum atomic E-state index is -3.67. The van der Waals surface area contributed by atoms with Crippen LogP contribution in [0.3, 0.4) is 0 Å².